The summed E-state index contributed by atoms with van der Waals surface area (Å²) >= 11 is 0. The molecule has 0 radical (unpaired) electrons. The number of carbonyl (C=O) groups excluding carboxylic acids is 1. The molecule has 3 N–H and O–H groups in total. The van der Waals surface area contributed by atoms with Crippen LogP contribution in [0, 0.1) is 0 Å². The summed E-state index contributed by atoms with van der Waals surface area (Å²) in [6.07, 6.45) is 50.0. The minimum Gasteiger partial charge on any atom is -0.391 e. The van der Waals surface area contributed by atoms with E-state index >= 15 is 0 Å². The van der Waals surface area contributed by atoms with Crippen molar-refractivity contribution in [1.29, 1.82) is 0 Å². The summed E-state index contributed by atoms with van der Waals surface area (Å²) in [5.41, 5.74) is 0. The Morgan fingerprint density at radius 2 is 0.939 bits per heavy atom. The van der Waals surface area contributed by atoms with Crippen molar-refractivity contribution in [3.05, 3.63) is 72.9 Å². The van der Waals surface area contributed by atoms with Gasteiger partial charge in [0, 0.05) is 6.42 Å². The molecule has 0 spiro atoms. The van der Waals surface area contributed by atoms with Gasteiger partial charge in [0.25, 0.3) is 10.1 Å². The fourth-order valence-electron chi connectivity index (χ4n) is 5.53. The van der Waals surface area contributed by atoms with Gasteiger partial charge in [-0.15, -0.1) is 0 Å². The third-order valence-electron chi connectivity index (χ3n) is 8.44. The van der Waals surface area contributed by atoms with Gasteiger partial charge in [0.1, 0.15) is 0 Å². The Kier molecular flexibility index (Phi) is 34.0. The van der Waals surface area contributed by atoms with Crippen LogP contribution < -0.4 is 5.32 Å². The molecule has 0 heterocycles. The maximum absolute atomic E-state index is 12.5. The number of nitrogens with one attached hydrogen (secondary N) is 1. The second-order valence-corrected chi connectivity index (χ2v) is 14.7. The average Bonchev–Trinajstić information content (AvgIpc) is 3.06. The highest BCUT2D eigenvalue weighted by atomic mass is 32.2. The number of rotatable bonds is 34. The first kappa shape index (κ1) is 46.8. The molecule has 0 aliphatic rings. The Labute approximate surface area is 302 Å². The molecule has 0 fully saturated rings. The average molecular weight is 704 g/mol. The van der Waals surface area contributed by atoms with E-state index in [1.54, 1.807) is 0 Å². The van der Waals surface area contributed by atoms with E-state index in [0.717, 1.165) is 57.8 Å². The van der Waals surface area contributed by atoms with E-state index in [1.165, 1.54) is 77.0 Å². The molecule has 0 aromatic heterocycles. The van der Waals surface area contributed by atoms with Gasteiger partial charge < -0.3 is 10.4 Å². The number of allylic oxidation sites excluding steroid dienone is 12. The zero-order valence-electron chi connectivity index (χ0n) is 31.3. The molecule has 0 rings (SSSR count). The normalized spacial score (nSPS) is 14.1. The molecular weight excluding hydrogens is 631 g/mol. The second-order valence-electron chi connectivity index (χ2n) is 13.2. The number of aliphatic hydroxyl groups excluding tert-OH is 1. The van der Waals surface area contributed by atoms with E-state index in [-0.39, 0.29) is 12.3 Å². The molecule has 282 valence electrons. The Morgan fingerprint density at radius 1 is 0.571 bits per heavy atom. The molecular formula is C42H73NO5S. The van der Waals surface area contributed by atoms with Crippen LogP contribution in [0.4, 0.5) is 0 Å². The third kappa shape index (κ3) is 36.9. The highest BCUT2D eigenvalue weighted by molar-refractivity contribution is 7.85. The zero-order chi connectivity index (χ0) is 36.1. The van der Waals surface area contributed by atoms with Gasteiger partial charge in [0.05, 0.1) is 17.9 Å². The Hall–Kier alpha value is -2.22. The lowest BCUT2D eigenvalue weighted by Gasteiger charge is -2.23. The lowest BCUT2D eigenvalue weighted by molar-refractivity contribution is -0.122. The first-order valence-electron chi connectivity index (χ1n) is 19.6. The van der Waals surface area contributed by atoms with Crippen molar-refractivity contribution >= 4 is 16.0 Å². The van der Waals surface area contributed by atoms with E-state index in [0.29, 0.717) is 12.8 Å². The summed E-state index contributed by atoms with van der Waals surface area (Å²) < 4.78 is 32.5. The smallest absolute Gasteiger partial charge is 0.266 e. The molecule has 0 aliphatic heterocycles. The molecule has 0 aromatic carbocycles. The van der Waals surface area contributed by atoms with Gasteiger partial charge in [-0.1, -0.05) is 183 Å². The zero-order valence-corrected chi connectivity index (χ0v) is 32.1. The SMILES string of the molecule is CC/C=C\C/C=C\C/C=C\C/C=C\C/C=C\C/C=C\CCC(=O)NC(CS(=O)(=O)O)C(O)CCCCCCCCCCCCCCCCC. The molecule has 0 bridgehead atoms. The summed E-state index contributed by atoms with van der Waals surface area (Å²) in [6.45, 7) is 4.40. The minimum atomic E-state index is -4.34. The molecule has 49 heavy (non-hydrogen) atoms. The van der Waals surface area contributed by atoms with Crippen molar-refractivity contribution in [2.75, 3.05) is 5.75 Å². The van der Waals surface area contributed by atoms with Gasteiger partial charge >= 0.3 is 0 Å². The van der Waals surface area contributed by atoms with Crippen LogP contribution in [-0.4, -0.2) is 41.9 Å². The van der Waals surface area contributed by atoms with Crippen LogP contribution in [0.1, 0.15) is 168 Å². The summed E-state index contributed by atoms with van der Waals surface area (Å²) in [4.78, 5) is 12.5. The first-order chi connectivity index (χ1) is 23.8. The fourth-order valence-corrected chi connectivity index (χ4v) is 6.29. The number of hydrogen-bond donors (Lipinski definition) is 3. The third-order valence-corrected chi connectivity index (χ3v) is 9.22. The summed E-state index contributed by atoms with van der Waals surface area (Å²) in [6, 6.07) is -1.01. The van der Waals surface area contributed by atoms with E-state index in [2.05, 4.69) is 79.9 Å². The number of hydrogen-bond acceptors (Lipinski definition) is 4. The molecule has 7 heteroatoms. The molecule has 2 atom stereocenters. The van der Waals surface area contributed by atoms with Gasteiger partial charge in [-0.3, -0.25) is 9.35 Å². The van der Waals surface area contributed by atoms with Crippen molar-refractivity contribution in [2.24, 2.45) is 0 Å². The second kappa shape index (κ2) is 35.6. The van der Waals surface area contributed by atoms with Crippen molar-refractivity contribution in [1.82, 2.24) is 5.32 Å². The maximum atomic E-state index is 12.5. The summed E-state index contributed by atoms with van der Waals surface area (Å²) in [5, 5.41) is 13.3. The minimum absolute atomic E-state index is 0.190. The van der Waals surface area contributed by atoms with Gasteiger partial charge in [-0.2, -0.15) is 8.42 Å². The highest BCUT2D eigenvalue weighted by Crippen LogP contribution is 2.15. The van der Waals surface area contributed by atoms with Crippen LogP contribution in [-0.2, 0) is 14.9 Å². The Balaban J connectivity index is 4.06. The number of unbranched alkanes of at least 4 members (excludes halogenated alkanes) is 14. The largest absolute Gasteiger partial charge is 0.391 e. The lowest BCUT2D eigenvalue weighted by Crippen LogP contribution is -2.47. The quantitative estimate of drug-likeness (QED) is 0.0351. The Morgan fingerprint density at radius 3 is 1.33 bits per heavy atom. The molecule has 2 unspecified atom stereocenters. The van der Waals surface area contributed by atoms with E-state index in [4.69, 9.17) is 0 Å². The van der Waals surface area contributed by atoms with Crippen LogP contribution in [0.3, 0.4) is 0 Å². The lowest BCUT2D eigenvalue weighted by atomic mass is 10.0. The fraction of sp³-hybridized carbons (Fsp3) is 0.690. The number of carbonyl (C=O) groups is 1. The molecule has 0 saturated carbocycles. The van der Waals surface area contributed by atoms with E-state index in [1.807, 2.05) is 12.2 Å². The molecule has 0 aromatic rings. The molecule has 0 saturated heterocycles. The van der Waals surface area contributed by atoms with Crippen molar-refractivity contribution in [3.63, 3.8) is 0 Å². The molecule has 6 nitrogen and oxygen atoms in total. The summed E-state index contributed by atoms with van der Waals surface area (Å²) in [7, 11) is -4.34. The Bertz CT molecular complexity index is 1040. The van der Waals surface area contributed by atoms with Crippen LogP contribution in [0.25, 0.3) is 0 Å². The number of aliphatic hydroxyl groups is 1. The monoisotopic (exact) mass is 704 g/mol. The summed E-state index contributed by atoms with van der Waals surface area (Å²) in [5.74, 6) is -1.01. The first-order valence-corrected chi connectivity index (χ1v) is 21.2. The van der Waals surface area contributed by atoms with Gasteiger partial charge in [-0.05, 0) is 51.4 Å². The predicted molar refractivity (Wildman–Crippen MR) is 211 cm³/mol. The standard InChI is InChI=1S/C42H73NO5S/c1-3-5-7-9-11-13-15-17-19-20-21-22-24-26-28-30-32-34-36-38-42(45)43-40(39-49(46,47)48)41(44)37-35-33-31-29-27-25-23-18-16-14-12-10-8-6-4-2/h5,7,11,13,17,19,21-22,26,28,32,34,40-41,44H,3-4,6,8-10,12,14-16,18,20,23-25,27,29-31,33,35-39H2,1-2H3,(H,43,45)(H,46,47,48)/b7-5-,13-11-,19-17-,22-21-,28-26-,34-32-. The topological polar surface area (TPSA) is 104 Å². The number of amides is 1. The van der Waals surface area contributed by atoms with Crippen LogP contribution in [0.15, 0.2) is 72.9 Å². The van der Waals surface area contributed by atoms with E-state index in [9.17, 15) is 22.9 Å². The van der Waals surface area contributed by atoms with Crippen LogP contribution in [0.2, 0.25) is 0 Å². The van der Waals surface area contributed by atoms with E-state index < -0.39 is 28.0 Å². The predicted octanol–water partition coefficient (Wildman–Crippen LogP) is 11.5. The van der Waals surface area contributed by atoms with Crippen LogP contribution >= 0.6 is 0 Å². The molecule has 1 amide bonds. The maximum Gasteiger partial charge on any atom is 0.266 e. The highest BCUT2D eigenvalue weighted by Gasteiger charge is 2.25. The van der Waals surface area contributed by atoms with Gasteiger partial charge in [0.15, 0.2) is 0 Å². The van der Waals surface area contributed by atoms with Crippen LogP contribution in [0.5, 0.6) is 0 Å². The molecule has 0 aliphatic carbocycles. The van der Waals surface area contributed by atoms with Gasteiger partial charge in [0.2, 0.25) is 5.91 Å². The van der Waals surface area contributed by atoms with Gasteiger partial charge in [-0.25, -0.2) is 0 Å². The van der Waals surface area contributed by atoms with Crippen molar-refractivity contribution in [2.45, 2.75) is 180 Å². The van der Waals surface area contributed by atoms with Crippen molar-refractivity contribution < 1.29 is 22.9 Å². The van der Waals surface area contributed by atoms with Crippen molar-refractivity contribution in [3.8, 4) is 0 Å².